The third-order valence-corrected chi connectivity index (χ3v) is 4.44. The van der Waals surface area contributed by atoms with E-state index in [1.807, 2.05) is 18.2 Å². The first-order valence-electron chi connectivity index (χ1n) is 8.32. The molecule has 1 fully saturated rings. The molecule has 1 aromatic carbocycles. The van der Waals surface area contributed by atoms with E-state index >= 15 is 0 Å². The summed E-state index contributed by atoms with van der Waals surface area (Å²) < 4.78 is 21.8. The Morgan fingerprint density at radius 2 is 1.92 bits per heavy atom. The number of carbonyl (C=O) groups is 1. The number of esters is 1. The van der Waals surface area contributed by atoms with Crippen LogP contribution in [0.3, 0.4) is 0 Å². The van der Waals surface area contributed by atoms with E-state index in [-0.39, 0.29) is 18.5 Å². The van der Waals surface area contributed by atoms with E-state index < -0.39 is 0 Å². The van der Waals surface area contributed by atoms with Gasteiger partial charge < -0.3 is 18.7 Å². The zero-order valence-electron chi connectivity index (χ0n) is 13.3. The van der Waals surface area contributed by atoms with Gasteiger partial charge in [-0.15, -0.1) is 0 Å². The third-order valence-electron chi connectivity index (χ3n) is 4.44. The Hall–Kier alpha value is -2.50. The maximum absolute atomic E-state index is 11.9. The van der Waals surface area contributed by atoms with Crippen LogP contribution in [0.5, 0.6) is 11.5 Å². The molecule has 0 saturated heterocycles. The minimum atomic E-state index is -0.128. The summed E-state index contributed by atoms with van der Waals surface area (Å²) in [5, 5.41) is 3.98. The number of rotatable bonds is 4. The minimum absolute atomic E-state index is 0.0502. The van der Waals surface area contributed by atoms with Gasteiger partial charge in [0.15, 0.2) is 17.3 Å². The van der Waals surface area contributed by atoms with Crippen molar-refractivity contribution in [3.05, 3.63) is 30.0 Å². The lowest BCUT2D eigenvalue weighted by Gasteiger charge is -2.18. The summed E-state index contributed by atoms with van der Waals surface area (Å²) in [4.78, 5) is 11.9. The molecule has 126 valence electrons. The van der Waals surface area contributed by atoms with E-state index in [1.165, 1.54) is 0 Å². The molecule has 0 bridgehead atoms. The van der Waals surface area contributed by atoms with Crippen LogP contribution in [-0.2, 0) is 16.1 Å². The molecular formula is C18H19NO5. The fourth-order valence-electron chi connectivity index (χ4n) is 3.14. The van der Waals surface area contributed by atoms with E-state index in [9.17, 15) is 4.79 Å². The number of hydrogen-bond acceptors (Lipinski definition) is 6. The van der Waals surface area contributed by atoms with Gasteiger partial charge in [-0.3, -0.25) is 4.79 Å². The minimum Gasteiger partial charge on any atom is -0.486 e. The summed E-state index contributed by atoms with van der Waals surface area (Å²) in [6.45, 7) is 1.24. The summed E-state index contributed by atoms with van der Waals surface area (Å²) in [5.41, 5.74) is 1.45. The molecule has 0 atom stereocenters. The molecule has 0 radical (unpaired) electrons. The molecule has 1 aliphatic carbocycles. The number of benzene rings is 1. The van der Waals surface area contributed by atoms with Crippen LogP contribution in [0.1, 0.15) is 31.4 Å². The molecule has 6 heteroatoms. The molecule has 2 heterocycles. The molecule has 0 N–H and O–H groups in total. The molecule has 2 aliphatic rings. The maximum Gasteiger partial charge on any atom is 0.309 e. The van der Waals surface area contributed by atoms with Gasteiger partial charge in [-0.2, -0.15) is 0 Å². The normalized spacial score (nSPS) is 17.0. The van der Waals surface area contributed by atoms with Gasteiger partial charge in [0.25, 0.3) is 0 Å². The van der Waals surface area contributed by atoms with Gasteiger partial charge in [-0.25, -0.2) is 0 Å². The number of fused-ring (bicyclic) bond motifs is 1. The largest absolute Gasteiger partial charge is 0.486 e. The molecule has 1 aromatic heterocycles. The lowest BCUT2D eigenvalue weighted by molar-refractivity contribution is -0.149. The second kappa shape index (κ2) is 6.55. The highest BCUT2D eigenvalue weighted by Gasteiger charge is 2.24. The standard InChI is InChI=1S/C18H19NO5/c20-18(12-3-1-2-4-12)23-11-14-10-16(24-19-14)13-5-6-15-17(9-13)22-8-7-21-15/h5-6,9-10,12H,1-4,7-8,11H2. The average molecular weight is 329 g/mol. The van der Waals surface area contributed by atoms with Crippen molar-refractivity contribution >= 4 is 5.97 Å². The monoisotopic (exact) mass is 329 g/mol. The van der Waals surface area contributed by atoms with Crippen molar-refractivity contribution < 1.29 is 23.5 Å². The molecule has 1 aliphatic heterocycles. The Labute approximate surface area is 139 Å². The molecule has 0 amide bonds. The highest BCUT2D eigenvalue weighted by atomic mass is 16.6. The van der Waals surface area contributed by atoms with E-state index in [0.29, 0.717) is 30.4 Å². The summed E-state index contributed by atoms with van der Waals surface area (Å²) in [6.07, 6.45) is 4.08. The second-order valence-corrected chi connectivity index (χ2v) is 6.13. The van der Waals surface area contributed by atoms with E-state index in [4.69, 9.17) is 18.7 Å². The van der Waals surface area contributed by atoms with Crippen molar-refractivity contribution in [1.29, 1.82) is 0 Å². The van der Waals surface area contributed by atoms with Gasteiger partial charge in [0.2, 0.25) is 0 Å². The number of hydrogen-bond donors (Lipinski definition) is 0. The van der Waals surface area contributed by atoms with Gasteiger partial charge in [0.05, 0.1) is 5.92 Å². The second-order valence-electron chi connectivity index (χ2n) is 6.13. The fraction of sp³-hybridized carbons (Fsp3) is 0.444. The van der Waals surface area contributed by atoms with E-state index in [0.717, 1.165) is 37.0 Å². The van der Waals surface area contributed by atoms with Crippen LogP contribution < -0.4 is 9.47 Å². The van der Waals surface area contributed by atoms with Crippen LogP contribution >= 0.6 is 0 Å². The predicted molar refractivity (Wildman–Crippen MR) is 84.7 cm³/mol. The SMILES string of the molecule is O=C(OCc1cc(-c2ccc3c(c2)OCCO3)on1)C1CCCC1. The van der Waals surface area contributed by atoms with Crippen LogP contribution in [0.4, 0.5) is 0 Å². The quantitative estimate of drug-likeness (QED) is 0.801. The van der Waals surface area contributed by atoms with Crippen molar-refractivity contribution in [2.45, 2.75) is 32.3 Å². The van der Waals surface area contributed by atoms with E-state index in [2.05, 4.69) is 5.16 Å². The summed E-state index contributed by atoms with van der Waals surface area (Å²) in [7, 11) is 0. The Bertz CT molecular complexity index is 733. The van der Waals surface area contributed by atoms with Crippen molar-refractivity contribution in [3.8, 4) is 22.8 Å². The summed E-state index contributed by atoms with van der Waals surface area (Å²) in [6, 6.07) is 7.39. The number of ether oxygens (including phenoxy) is 3. The predicted octanol–water partition coefficient (Wildman–Crippen LogP) is 3.35. The highest BCUT2D eigenvalue weighted by molar-refractivity contribution is 5.72. The lowest BCUT2D eigenvalue weighted by Crippen LogP contribution is -2.15. The fourth-order valence-corrected chi connectivity index (χ4v) is 3.14. The maximum atomic E-state index is 11.9. The van der Waals surface area contributed by atoms with Crippen molar-refractivity contribution in [3.63, 3.8) is 0 Å². The summed E-state index contributed by atoms with van der Waals surface area (Å²) in [5.74, 6) is 1.96. The van der Waals surface area contributed by atoms with Gasteiger partial charge in [-0.05, 0) is 31.0 Å². The number of nitrogens with zero attached hydrogens (tertiary/aromatic N) is 1. The molecule has 6 nitrogen and oxygen atoms in total. The molecule has 4 rings (SSSR count). The molecule has 0 unspecified atom stereocenters. The van der Waals surface area contributed by atoms with E-state index in [1.54, 1.807) is 6.07 Å². The number of aromatic nitrogens is 1. The average Bonchev–Trinajstić information content (AvgIpc) is 3.31. The zero-order valence-corrected chi connectivity index (χ0v) is 13.3. The number of carbonyl (C=O) groups excluding carboxylic acids is 1. The van der Waals surface area contributed by atoms with Gasteiger partial charge >= 0.3 is 5.97 Å². The smallest absolute Gasteiger partial charge is 0.309 e. The van der Waals surface area contributed by atoms with Gasteiger partial charge in [0.1, 0.15) is 25.5 Å². The first-order chi connectivity index (χ1) is 11.8. The Morgan fingerprint density at radius 3 is 2.75 bits per heavy atom. The van der Waals surface area contributed by atoms with Crippen LogP contribution in [-0.4, -0.2) is 24.3 Å². The van der Waals surface area contributed by atoms with Crippen molar-refractivity contribution in [2.75, 3.05) is 13.2 Å². The molecule has 2 aromatic rings. The first-order valence-corrected chi connectivity index (χ1v) is 8.32. The molecular weight excluding hydrogens is 310 g/mol. The first kappa shape index (κ1) is 15.1. The Balaban J connectivity index is 1.42. The molecule has 1 saturated carbocycles. The van der Waals surface area contributed by atoms with Gasteiger partial charge in [0, 0.05) is 11.6 Å². The highest BCUT2D eigenvalue weighted by Crippen LogP contribution is 2.34. The van der Waals surface area contributed by atoms with Gasteiger partial charge in [-0.1, -0.05) is 18.0 Å². The topological polar surface area (TPSA) is 70.8 Å². The van der Waals surface area contributed by atoms with Crippen molar-refractivity contribution in [1.82, 2.24) is 5.16 Å². The van der Waals surface area contributed by atoms with Crippen LogP contribution in [0, 0.1) is 5.92 Å². The zero-order chi connectivity index (χ0) is 16.4. The lowest BCUT2D eigenvalue weighted by atomic mass is 10.1. The van der Waals surface area contributed by atoms with Crippen LogP contribution in [0.15, 0.2) is 28.8 Å². The van der Waals surface area contributed by atoms with Crippen LogP contribution in [0.25, 0.3) is 11.3 Å². The Morgan fingerprint density at radius 1 is 1.12 bits per heavy atom. The van der Waals surface area contributed by atoms with Crippen molar-refractivity contribution in [2.24, 2.45) is 5.92 Å². The summed E-state index contributed by atoms with van der Waals surface area (Å²) >= 11 is 0. The van der Waals surface area contributed by atoms with Crippen LogP contribution in [0.2, 0.25) is 0 Å². The molecule has 0 spiro atoms. The molecule has 24 heavy (non-hydrogen) atoms. The third kappa shape index (κ3) is 3.09. The Kier molecular flexibility index (Phi) is 4.11.